The Labute approximate surface area is 141 Å². The molecule has 3 aromatic rings. The highest BCUT2D eigenvalue weighted by Crippen LogP contribution is 2.33. The zero-order valence-corrected chi connectivity index (χ0v) is 13.2. The molecule has 0 aliphatic carbocycles. The fraction of sp³-hybridized carbons (Fsp3) is 0.111. The lowest BCUT2D eigenvalue weighted by molar-refractivity contribution is 0.365. The minimum absolute atomic E-state index is 0.0190. The normalized spacial score (nSPS) is 16.2. The van der Waals surface area contributed by atoms with Crippen LogP contribution in [0, 0.1) is 0 Å². The van der Waals surface area contributed by atoms with Gasteiger partial charge < -0.3 is 19.8 Å². The molecule has 0 saturated carbocycles. The van der Waals surface area contributed by atoms with Crippen molar-refractivity contribution in [3.05, 3.63) is 60.7 Å². The Morgan fingerprint density at radius 2 is 1.33 bits per heavy atom. The van der Waals surface area contributed by atoms with Crippen LogP contribution in [0.15, 0.2) is 60.7 Å². The zero-order chi connectivity index (χ0) is 15.9. The maximum Gasteiger partial charge on any atom is 0.493 e. The van der Waals surface area contributed by atoms with E-state index < -0.39 is 0 Å². The Morgan fingerprint density at radius 1 is 0.708 bits per heavy atom. The lowest BCUT2D eigenvalue weighted by Crippen LogP contribution is -2.57. The highest BCUT2D eigenvalue weighted by Gasteiger charge is 2.34. The third kappa shape index (κ3) is 2.19. The van der Waals surface area contributed by atoms with E-state index >= 15 is 0 Å². The van der Waals surface area contributed by atoms with E-state index in [0.717, 1.165) is 22.3 Å². The summed E-state index contributed by atoms with van der Waals surface area (Å²) in [6.07, 6.45) is 0. The zero-order valence-electron chi connectivity index (χ0n) is 13.2. The second kappa shape index (κ2) is 5.58. The van der Waals surface area contributed by atoms with Gasteiger partial charge >= 0.3 is 14.1 Å². The molecule has 2 aliphatic heterocycles. The minimum Gasteiger partial charge on any atom is -0.405 e. The van der Waals surface area contributed by atoms with E-state index in [1.807, 2.05) is 6.07 Å². The fourth-order valence-corrected chi connectivity index (χ4v) is 3.61. The molecule has 2 N–H and O–H groups in total. The van der Waals surface area contributed by atoms with Gasteiger partial charge in [0.15, 0.2) is 0 Å². The minimum atomic E-state index is -0.280. The van der Waals surface area contributed by atoms with Crippen molar-refractivity contribution in [1.82, 2.24) is 0 Å². The van der Waals surface area contributed by atoms with Gasteiger partial charge in [0, 0.05) is 16.8 Å². The van der Waals surface area contributed by atoms with Gasteiger partial charge in [-0.2, -0.15) is 0 Å². The van der Waals surface area contributed by atoms with E-state index in [0.29, 0.717) is 13.2 Å². The Bertz CT molecular complexity index is 872. The van der Waals surface area contributed by atoms with E-state index in [4.69, 9.17) is 9.31 Å². The summed E-state index contributed by atoms with van der Waals surface area (Å²) >= 11 is 0. The van der Waals surface area contributed by atoms with Gasteiger partial charge in [-0.3, -0.25) is 0 Å². The summed E-state index contributed by atoms with van der Waals surface area (Å²) in [5.41, 5.74) is 4.52. The summed E-state index contributed by atoms with van der Waals surface area (Å²) in [6, 6.07) is 21.0. The number of nitrogens with one attached hydrogen (secondary N) is 2. The molecule has 0 amide bonds. The van der Waals surface area contributed by atoms with Crippen LogP contribution in [0.5, 0.6) is 0 Å². The number of anilines is 2. The summed E-state index contributed by atoms with van der Waals surface area (Å²) in [5.74, 6) is 0. The van der Waals surface area contributed by atoms with Crippen LogP contribution >= 0.6 is 0 Å². The highest BCUT2D eigenvalue weighted by atomic mass is 16.6. The first-order valence-electron chi connectivity index (χ1n) is 8.27. The van der Waals surface area contributed by atoms with Gasteiger partial charge in [-0.1, -0.05) is 48.5 Å². The predicted molar refractivity (Wildman–Crippen MR) is 100 cm³/mol. The van der Waals surface area contributed by atoms with Crippen LogP contribution in [0.3, 0.4) is 0 Å². The van der Waals surface area contributed by atoms with E-state index in [-0.39, 0.29) is 14.1 Å². The fourth-order valence-electron chi connectivity index (χ4n) is 3.61. The summed E-state index contributed by atoms with van der Waals surface area (Å²) in [6.45, 7) is 1.27. The highest BCUT2D eigenvalue weighted by molar-refractivity contribution is 6.85. The van der Waals surface area contributed by atoms with Crippen molar-refractivity contribution in [2.75, 3.05) is 23.7 Å². The molecule has 0 spiro atoms. The van der Waals surface area contributed by atoms with Crippen molar-refractivity contribution in [3.8, 4) is 0 Å². The SMILES string of the molecule is c1ccc(B2OCCO2)c(B2Nc3cccc4cccc(c34)N2)c1. The molecule has 2 aliphatic rings. The monoisotopic (exact) mass is 314 g/mol. The maximum absolute atomic E-state index is 5.72. The second-order valence-electron chi connectivity index (χ2n) is 6.13. The third-order valence-corrected chi connectivity index (χ3v) is 4.69. The van der Waals surface area contributed by atoms with Crippen LogP contribution < -0.4 is 21.4 Å². The third-order valence-electron chi connectivity index (χ3n) is 4.69. The van der Waals surface area contributed by atoms with E-state index in [2.05, 4.69) is 65.1 Å². The molecule has 0 unspecified atom stereocenters. The average Bonchev–Trinajstić information content (AvgIpc) is 3.17. The molecule has 0 bridgehead atoms. The number of rotatable bonds is 2. The molecular formula is C18H16B2N2O2. The Kier molecular flexibility index (Phi) is 3.25. The summed E-state index contributed by atoms with van der Waals surface area (Å²) in [4.78, 5) is 0. The molecule has 0 radical (unpaired) electrons. The first kappa shape index (κ1) is 14.0. The molecule has 1 saturated heterocycles. The van der Waals surface area contributed by atoms with Gasteiger partial charge in [0.1, 0.15) is 0 Å². The number of benzene rings is 3. The van der Waals surface area contributed by atoms with E-state index in [1.165, 1.54) is 10.8 Å². The lowest BCUT2D eigenvalue weighted by atomic mass is 9.58. The summed E-state index contributed by atoms with van der Waals surface area (Å²) < 4.78 is 11.4. The van der Waals surface area contributed by atoms with Crippen molar-refractivity contribution >= 4 is 47.2 Å². The molecular weight excluding hydrogens is 298 g/mol. The first-order valence-corrected chi connectivity index (χ1v) is 8.27. The van der Waals surface area contributed by atoms with Gasteiger partial charge in [-0.05, 0) is 28.4 Å². The molecule has 4 nitrogen and oxygen atoms in total. The number of hydrogen-bond donors (Lipinski definition) is 2. The number of hydrogen-bond acceptors (Lipinski definition) is 4. The molecule has 3 aromatic carbocycles. The maximum atomic E-state index is 5.72. The molecule has 0 aromatic heterocycles. The van der Waals surface area contributed by atoms with Crippen molar-refractivity contribution in [3.63, 3.8) is 0 Å². The van der Waals surface area contributed by atoms with Crippen LogP contribution in [0.1, 0.15) is 0 Å². The largest absolute Gasteiger partial charge is 0.493 e. The second-order valence-corrected chi connectivity index (χ2v) is 6.13. The Hall–Kier alpha value is -2.43. The topological polar surface area (TPSA) is 42.5 Å². The summed E-state index contributed by atoms with van der Waals surface area (Å²) in [7, 11) is -0.280. The van der Waals surface area contributed by atoms with E-state index in [9.17, 15) is 0 Å². The van der Waals surface area contributed by atoms with Crippen LogP contribution in [-0.2, 0) is 9.31 Å². The average molecular weight is 314 g/mol. The van der Waals surface area contributed by atoms with Gasteiger partial charge in [-0.15, -0.1) is 0 Å². The van der Waals surface area contributed by atoms with Gasteiger partial charge in [-0.25, -0.2) is 0 Å². The molecule has 2 heterocycles. The van der Waals surface area contributed by atoms with E-state index in [1.54, 1.807) is 0 Å². The van der Waals surface area contributed by atoms with Crippen LogP contribution in [-0.4, -0.2) is 27.3 Å². The van der Waals surface area contributed by atoms with Crippen LogP contribution in [0.4, 0.5) is 11.4 Å². The van der Waals surface area contributed by atoms with Gasteiger partial charge in [0.2, 0.25) is 0 Å². The van der Waals surface area contributed by atoms with Crippen molar-refractivity contribution in [2.45, 2.75) is 0 Å². The predicted octanol–water partition coefficient (Wildman–Crippen LogP) is 1.81. The Balaban J connectivity index is 1.58. The van der Waals surface area contributed by atoms with Gasteiger partial charge in [0.25, 0.3) is 0 Å². The molecule has 24 heavy (non-hydrogen) atoms. The van der Waals surface area contributed by atoms with Crippen molar-refractivity contribution in [2.24, 2.45) is 0 Å². The molecule has 5 rings (SSSR count). The standard InChI is InChI=1S/C18H16B2N2O2/c1-2-8-15(20-23-11-12-24-20)14(7-1)19-21-16-9-3-5-13-6-4-10-17(22-19)18(13)16/h1-10,21-22H,11-12H2. The smallest absolute Gasteiger partial charge is 0.405 e. The quantitative estimate of drug-likeness (QED) is 0.708. The van der Waals surface area contributed by atoms with Crippen molar-refractivity contribution < 1.29 is 9.31 Å². The Morgan fingerprint density at radius 3 is 2.00 bits per heavy atom. The molecule has 6 heteroatoms. The van der Waals surface area contributed by atoms with Crippen molar-refractivity contribution in [1.29, 1.82) is 0 Å². The molecule has 1 fully saturated rings. The van der Waals surface area contributed by atoms with Gasteiger partial charge in [0.05, 0.1) is 13.2 Å². The first-order chi connectivity index (χ1) is 11.9. The summed E-state index contributed by atoms with van der Waals surface area (Å²) in [5, 5.41) is 9.71. The van der Waals surface area contributed by atoms with Crippen LogP contribution in [0.2, 0.25) is 0 Å². The van der Waals surface area contributed by atoms with Crippen LogP contribution in [0.25, 0.3) is 10.8 Å². The molecule has 0 atom stereocenters. The lowest BCUT2D eigenvalue weighted by Gasteiger charge is -2.28. The molecule has 116 valence electrons.